The van der Waals surface area contributed by atoms with Gasteiger partial charge in [-0.2, -0.15) is 0 Å². The summed E-state index contributed by atoms with van der Waals surface area (Å²) in [5, 5.41) is 7.60. The Bertz CT molecular complexity index is 3610. The number of rotatable bonds is 6. The molecule has 0 aliphatic carbocycles. The highest BCUT2D eigenvalue weighted by atomic mass is 15.1. The van der Waals surface area contributed by atoms with Crippen LogP contribution in [0.25, 0.3) is 98.7 Å². The maximum Gasteiger partial charge on any atom is 0.0970 e. The average molecular weight is 864 g/mol. The minimum absolute atomic E-state index is 0.911. The van der Waals surface area contributed by atoms with E-state index in [1.54, 1.807) is 0 Å². The van der Waals surface area contributed by atoms with Crippen molar-refractivity contribution in [3.05, 3.63) is 198 Å². The van der Waals surface area contributed by atoms with Crippen LogP contribution in [0.1, 0.15) is 33.4 Å². The van der Waals surface area contributed by atoms with Gasteiger partial charge in [0.1, 0.15) is 0 Å². The van der Waals surface area contributed by atoms with Gasteiger partial charge < -0.3 is 4.90 Å². The Labute approximate surface area is 388 Å². The van der Waals surface area contributed by atoms with Gasteiger partial charge in [-0.05, 0) is 205 Å². The summed E-state index contributed by atoms with van der Waals surface area (Å²) < 4.78 is 0. The number of pyridine rings is 6. The van der Waals surface area contributed by atoms with Crippen molar-refractivity contribution in [1.29, 1.82) is 0 Å². The van der Waals surface area contributed by atoms with Crippen LogP contribution >= 0.6 is 0 Å². The lowest BCUT2D eigenvalue weighted by molar-refractivity contribution is 1.18. The van der Waals surface area contributed by atoms with Gasteiger partial charge in [-0.15, -0.1) is 0 Å². The fourth-order valence-electron chi connectivity index (χ4n) is 10.4. The molecule has 0 radical (unpaired) electrons. The first-order valence-corrected chi connectivity index (χ1v) is 22.7. The van der Waals surface area contributed by atoms with E-state index in [1.807, 2.05) is 73.7 Å². The Balaban J connectivity index is 1.08. The SMILES string of the molecule is Cc1cc(N(c2cc(C)c(-c3cc4cccnc4c4ncccc34)cc2C)c2cc(C)c(-c3cc4cccnc4c4ncccc34)cc2C)c(C)cc1-c1cc2ccncc2c2ncccc12. The van der Waals surface area contributed by atoms with E-state index in [-0.39, 0.29) is 0 Å². The molecular formula is C60H45N7. The van der Waals surface area contributed by atoms with E-state index in [4.69, 9.17) is 24.9 Å². The van der Waals surface area contributed by atoms with E-state index >= 15 is 0 Å². The Morgan fingerprint density at radius 3 is 1.12 bits per heavy atom. The second-order valence-corrected chi connectivity index (χ2v) is 17.9. The van der Waals surface area contributed by atoms with Crippen molar-refractivity contribution in [3.8, 4) is 33.4 Å². The third-order valence-electron chi connectivity index (χ3n) is 13.7. The van der Waals surface area contributed by atoms with Crippen molar-refractivity contribution >= 4 is 82.3 Å². The average Bonchev–Trinajstić information content (AvgIpc) is 3.36. The van der Waals surface area contributed by atoms with Crippen molar-refractivity contribution in [3.63, 3.8) is 0 Å². The number of anilines is 3. The van der Waals surface area contributed by atoms with Crippen LogP contribution in [0.2, 0.25) is 0 Å². The highest BCUT2D eigenvalue weighted by Crippen LogP contribution is 2.47. The molecule has 0 N–H and O–H groups in total. The van der Waals surface area contributed by atoms with Crippen LogP contribution in [0, 0.1) is 41.5 Å². The maximum absolute atomic E-state index is 4.87. The molecule has 0 amide bonds. The molecule has 7 nitrogen and oxygen atoms in total. The van der Waals surface area contributed by atoms with Gasteiger partial charge in [0.25, 0.3) is 0 Å². The standard InChI is InChI=1S/C60H45N7/c1-34-27-53(37(4)24-46(34)49-30-40-17-23-61-33-52(40)58-43(49)14-9-20-64-58)67(54-28-35(2)47(25-38(54)5)50-31-41-12-7-18-62-56(41)59-44(50)15-10-21-65-59)55-29-36(3)48(26-39(55)6)51-32-42-13-8-19-63-57(42)60-45(51)16-11-22-66-60/h7-33H,1-6H3. The van der Waals surface area contributed by atoms with Crippen molar-refractivity contribution in [2.45, 2.75) is 41.5 Å². The number of fused-ring (bicyclic) bond motifs is 9. The molecule has 0 bridgehead atoms. The van der Waals surface area contributed by atoms with E-state index in [2.05, 4.69) is 142 Å². The molecule has 6 aromatic carbocycles. The molecule has 0 fully saturated rings. The lowest BCUT2D eigenvalue weighted by Gasteiger charge is -2.32. The fraction of sp³-hybridized carbons (Fsp3) is 0.100. The summed E-state index contributed by atoms with van der Waals surface area (Å²) in [5.74, 6) is 0. The second kappa shape index (κ2) is 15.6. The monoisotopic (exact) mass is 863 g/mol. The Morgan fingerprint density at radius 2 is 0.672 bits per heavy atom. The summed E-state index contributed by atoms with van der Waals surface area (Å²) in [6.07, 6.45) is 13.1. The topological polar surface area (TPSA) is 80.6 Å². The van der Waals surface area contributed by atoms with Crippen molar-refractivity contribution in [1.82, 2.24) is 29.9 Å². The number of nitrogens with zero attached hydrogens (tertiary/aromatic N) is 7. The predicted octanol–water partition coefficient (Wildman–Crippen LogP) is 15.3. The first kappa shape index (κ1) is 40.1. The summed E-state index contributed by atoms with van der Waals surface area (Å²) >= 11 is 0. The van der Waals surface area contributed by atoms with Crippen LogP contribution in [0.15, 0.2) is 165 Å². The Morgan fingerprint density at radius 1 is 0.299 bits per heavy atom. The first-order valence-electron chi connectivity index (χ1n) is 22.7. The van der Waals surface area contributed by atoms with Crippen LogP contribution in [-0.2, 0) is 0 Å². The van der Waals surface area contributed by atoms with Crippen molar-refractivity contribution in [2.75, 3.05) is 4.90 Å². The summed E-state index contributed by atoms with van der Waals surface area (Å²) in [6, 6.07) is 44.0. The van der Waals surface area contributed by atoms with E-state index in [1.165, 1.54) is 33.4 Å². The van der Waals surface area contributed by atoms with Gasteiger partial charge in [0.05, 0.1) is 27.6 Å². The molecule has 0 saturated heterocycles. The smallest absolute Gasteiger partial charge is 0.0970 e. The normalized spacial score (nSPS) is 11.7. The zero-order chi connectivity index (χ0) is 45.5. The third kappa shape index (κ3) is 6.49. The summed E-state index contributed by atoms with van der Waals surface area (Å²) in [5.41, 5.74) is 22.0. The summed E-state index contributed by atoms with van der Waals surface area (Å²) in [6.45, 7) is 13.4. The number of hydrogen-bond acceptors (Lipinski definition) is 7. The van der Waals surface area contributed by atoms with Gasteiger partial charge in [-0.3, -0.25) is 29.9 Å². The molecule has 6 heterocycles. The van der Waals surface area contributed by atoms with Crippen molar-refractivity contribution in [2.24, 2.45) is 0 Å². The van der Waals surface area contributed by atoms with E-state index < -0.39 is 0 Å². The molecule has 67 heavy (non-hydrogen) atoms. The van der Waals surface area contributed by atoms with Gasteiger partial charge in [-0.1, -0.05) is 30.3 Å². The summed E-state index contributed by atoms with van der Waals surface area (Å²) in [7, 11) is 0. The number of aromatic nitrogens is 6. The van der Waals surface area contributed by atoms with E-state index in [0.717, 1.165) is 116 Å². The van der Waals surface area contributed by atoms with Crippen LogP contribution in [0.3, 0.4) is 0 Å². The maximum atomic E-state index is 4.87. The highest BCUT2D eigenvalue weighted by Gasteiger charge is 2.25. The van der Waals surface area contributed by atoms with Gasteiger partial charge >= 0.3 is 0 Å². The van der Waals surface area contributed by atoms with Crippen LogP contribution in [0.5, 0.6) is 0 Å². The molecule has 320 valence electrons. The molecule has 0 unspecified atom stereocenters. The van der Waals surface area contributed by atoms with E-state index in [9.17, 15) is 0 Å². The quantitative estimate of drug-likeness (QED) is 0.154. The zero-order valence-corrected chi connectivity index (χ0v) is 38.2. The van der Waals surface area contributed by atoms with Gasteiger partial charge in [0.15, 0.2) is 0 Å². The lowest BCUT2D eigenvalue weighted by atomic mass is 9.90. The van der Waals surface area contributed by atoms with Gasteiger partial charge in [0.2, 0.25) is 0 Å². The molecule has 7 heteroatoms. The molecular weight excluding hydrogens is 819 g/mol. The largest absolute Gasteiger partial charge is 0.310 e. The Hall–Kier alpha value is -8.42. The highest BCUT2D eigenvalue weighted by molar-refractivity contribution is 6.13. The zero-order valence-electron chi connectivity index (χ0n) is 38.2. The minimum Gasteiger partial charge on any atom is -0.310 e. The minimum atomic E-state index is 0.911. The third-order valence-corrected chi connectivity index (χ3v) is 13.7. The number of hydrogen-bond donors (Lipinski definition) is 0. The summed E-state index contributed by atoms with van der Waals surface area (Å²) in [4.78, 5) is 31.0. The van der Waals surface area contributed by atoms with Crippen LogP contribution in [-0.4, -0.2) is 29.9 Å². The molecule has 6 aromatic heterocycles. The van der Waals surface area contributed by atoms with Gasteiger partial charge in [-0.25, -0.2) is 0 Å². The number of benzene rings is 6. The molecule has 12 rings (SSSR count). The first-order chi connectivity index (χ1) is 32.7. The molecule has 0 saturated carbocycles. The molecule has 0 aliphatic heterocycles. The van der Waals surface area contributed by atoms with E-state index in [0.29, 0.717) is 0 Å². The predicted molar refractivity (Wildman–Crippen MR) is 278 cm³/mol. The Kier molecular flexibility index (Phi) is 9.36. The molecule has 12 aromatic rings. The van der Waals surface area contributed by atoms with Crippen LogP contribution in [0.4, 0.5) is 17.1 Å². The molecule has 0 atom stereocenters. The fourth-order valence-corrected chi connectivity index (χ4v) is 10.4. The molecule has 0 aliphatic rings. The van der Waals surface area contributed by atoms with Gasteiger partial charge in [0, 0.05) is 92.8 Å². The second-order valence-electron chi connectivity index (χ2n) is 17.9. The van der Waals surface area contributed by atoms with Crippen LogP contribution < -0.4 is 4.90 Å². The molecule has 0 spiro atoms. The number of aryl methyl sites for hydroxylation is 6. The van der Waals surface area contributed by atoms with Crippen molar-refractivity contribution < 1.29 is 0 Å². The lowest BCUT2D eigenvalue weighted by Crippen LogP contribution is -2.15.